The molecular formula is C17H20N2O4. The zero-order chi connectivity index (χ0) is 16.7. The van der Waals surface area contributed by atoms with Crippen molar-refractivity contribution in [1.29, 1.82) is 0 Å². The minimum Gasteiger partial charge on any atom is -0.472 e. The van der Waals surface area contributed by atoms with Crippen LogP contribution >= 0.6 is 0 Å². The second-order valence-electron chi connectivity index (χ2n) is 5.22. The van der Waals surface area contributed by atoms with Crippen LogP contribution in [0.25, 0.3) is 0 Å². The highest BCUT2D eigenvalue weighted by molar-refractivity contribution is 6.35. The predicted molar refractivity (Wildman–Crippen MR) is 84.3 cm³/mol. The van der Waals surface area contributed by atoms with Crippen molar-refractivity contribution in [3.63, 3.8) is 0 Å². The van der Waals surface area contributed by atoms with Gasteiger partial charge in [-0.25, -0.2) is 0 Å². The summed E-state index contributed by atoms with van der Waals surface area (Å²) in [5.41, 5.74) is 1.56. The van der Waals surface area contributed by atoms with Crippen LogP contribution in [0.2, 0.25) is 0 Å². The Hall–Kier alpha value is -2.60. The maximum absolute atomic E-state index is 11.8. The number of carbonyl (C=O) groups excluding carboxylic acids is 2. The molecule has 2 rings (SSSR count). The Balaban J connectivity index is 1.74. The van der Waals surface area contributed by atoms with Crippen molar-refractivity contribution < 1.29 is 19.1 Å². The van der Waals surface area contributed by atoms with E-state index < -0.39 is 17.9 Å². The van der Waals surface area contributed by atoms with Gasteiger partial charge in [-0.1, -0.05) is 30.3 Å². The summed E-state index contributed by atoms with van der Waals surface area (Å²) < 4.78 is 4.88. The normalized spacial score (nSPS) is 13.1. The highest BCUT2D eigenvalue weighted by atomic mass is 16.3. The van der Waals surface area contributed by atoms with E-state index >= 15 is 0 Å². The van der Waals surface area contributed by atoms with Gasteiger partial charge in [0, 0.05) is 12.1 Å². The Morgan fingerprint density at radius 3 is 2.52 bits per heavy atom. The van der Waals surface area contributed by atoms with Crippen molar-refractivity contribution in [1.82, 2.24) is 10.6 Å². The van der Waals surface area contributed by atoms with Crippen molar-refractivity contribution >= 4 is 11.8 Å². The van der Waals surface area contributed by atoms with Gasteiger partial charge < -0.3 is 20.2 Å². The van der Waals surface area contributed by atoms with E-state index in [1.54, 1.807) is 6.07 Å². The van der Waals surface area contributed by atoms with E-state index in [-0.39, 0.29) is 12.6 Å². The monoisotopic (exact) mass is 316 g/mol. The predicted octanol–water partition coefficient (Wildman–Crippen LogP) is 1.70. The molecule has 1 heterocycles. The molecule has 122 valence electrons. The second-order valence-corrected chi connectivity index (χ2v) is 5.22. The molecule has 0 fully saturated rings. The largest absolute Gasteiger partial charge is 0.472 e. The Labute approximate surface area is 134 Å². The van der Waals surface area contributed by atoms with Crippen LogP contribution in [0.1, 0.15) is 36.6 Å². The lowest BCUT2D eigenvalue weighted by Gasteiger charge is -2.14. The number of rotatable bonds is 6. The molecule has 1 aromatic carbocycles. The number of aliphatic hydroxyl groups excluding tert-OH is 1. The summed E-state index contributed by atoms with van der Waals surface area (Å²) >= 11 is 0. The fourth-order valence-corrected chi connectivity index (χ4v) is 2.12. The van der Waals surface area contributed by atoms with Crippen molar-refractivity contribution in [3.8, 4) is 0 Å². The molecule has 0 saturated carbocycles. The number of amides is 2. The average Bonchev–Trinajstić information content (AvgIpc) is 3.10. The smallest absolute Gasteiger partial charge is 0.309 e. The fourth-order valence-electron chi connectivity index (χ4n) is 2.12. The number of hydrogen-bond donors (Lipinski definition) is 3. The van der Waals surface area contributed by atoms with Crippen LogP contribution < -0.4 is 10.6 Å². The van der Waals surface area contributed by atoms with Crippen LogP contribution in [0.3, 0.4) is 0 Å². The van der Waals surface area contributed by atoms with Crippen LogP contribution in [-0.4, -0.2) is 23.5 Å². The van der Waals surface area contributed by atoms with Crippen LogP contribution in [-0.2, 0) is 9.59 Å². The third-order valence-corrected chi connectivity index (χ3v) is 3.48. The maximum Gasteiger partial charge on any atom is 0.309 e. The Morgan fingerprint density at radius 2 is 1.87 bits per heavy atom. The maximum atomic E-state index is 11.8. The van der Waals surface area contributed by atoms with Crippen LogP contribution in [0.15, 0.2) is 53.3 Å². The molecule has 0 aliphatic heterocycles. The summed E-state index contributed by atoms with van der Waals surface area (Å²) in [5.74, 6) is -1.41. The molecule has 0 aliphatic carbocycles. The molecule has 2 amide bonds. The van der Waals surface area contributed by atoms with Gasteiger partial charge in [-0.2, -0.15) is 0 Å². The molecule has 0 bridgehead atoms. The Kier molecular flexibility index (Phi) is 5.94. The van der Waals surface area contributed by atoms with Gasteiger partial charge in [-0.3, -0.25) is 9.59 Å². The SMILES string of the molecule is C[C@@H](NC(=O)C(=O)NCC[C@@H](O)c1ccoc1)c1ccccc1. The lowest BCUT2D eigenvalue weighted by Crippen LogP contribution is -2.41. The first-order valence-corrected chi connectivity index (χ1v) is 7.41. The zero-order valence-corrected chi connectivity index (χ0v) is 12.9. The molecular weight excluding hydrogens is 296 g/mol. The van der Waals surface area contributed by atoms with E-state index in [1.165, 1.54) is 12.5 Å². The number of benzene rings is 1. The fraction of sp³-hybridized carbons (Fsp3) is 0.294. The van der Waals surface area contributed by atoms with Crippen LogP contribution in [0, 0.1) is 0 Å². The molecule has 6 heteroatoms. The summed E-state index contributed by atoms with van der Waals surface area (Å²) in [6.45, 7) is 2.00. The highest BCUT2D eigenvalue weighted by Gasteiger charge is 2.17. The summed E-state index contributed by atoms with van der Waals surface area (Å²) in [4.78, 5) is 23.6. The molecule has 0 saturated heterocycles. The molecule has 0 aliphatic rings. The van der Waals surface area contributed by atoms with Crippen LogP contribution in [0.4, 0.5) is 0 Å². The molecule has 0 unspecified atom stereocenters. The highest BCUT2D eigenvalue weighted by Crippen LogP contribution is 2.15. The van der Waals surface area contributed by atoms with Gasteiger partial charge in [0.25, 0.3) is 0 Å². The molecule has 0 spiro atoms. The summed E-state index contributed by atoms with van der Waals surface area (Å²) in [7, 11) is 0. The van der Waals surface area contributed by atoms with E-state index in [1.807, 2.05) is 37.3 Å². The topological polar surface area (TPSA) is 91.6 Å². The van der Waals surface area contributed by atoms with Gasteiger partial charge in [0.1, 0.15) is 0 Å². The number of aliphatic hydroxyl groups is 1. The lowest BCUT2D eigenvalue weighted by molar-refractivity contribution is -0.139. The van der Waals surface area contributed by atoms with Gasteiger partial charge in [0.05, 0.1) is 24.7 Å². The first-order valence-electron chi connectivity index (χ1n) is 7.41. The number of carbonyl (C=O) groups is 2. The van der Waals surface area contributed by atoms with Crippen LogP contribution in [0.5, 0.6) is 0 Å². The van der Waals surface area contributed by atoms with E-state index in [0.29, 0.717) is 12.0 Å². The Bertz CT molecular complexity index is 625. The van der Waals surface area contributed by atoms with Crippen molar-refractivity contribution in [2.45, 2.75) is 25.5 Å². The Morgan fingerprint density at radius 1 is 1.13 bits per heavy atom. The van der Waals surface area contributed by atoms with Gasteiger partial charge >= 0.3 is 11.8 Å². The number of nitrogens with one attached hydrogen (secondary N) is 2. The average molecular weight is 316 g/mol. The van der Waals surface area contributed by atoms with E-state index in [4.69, 9.17) is 4.42 Å². The van der Waals surface area contributed by atoms with Crippen molar-refractivity contribution in [3.05, 3.63) is 60.1 Å². The van der Waals surface area contributed by atoms with Crippen molar-refractivity contribution in [2.24, 2.45) is 0 Å². The van der Waals surface area contributed by atoms with Gasteiger partial charge in [0.15, 0.2) is 0 Å². The van der Waals surface area contributed by atoms with Gasteiger partial charge in [-0.15, -0.1) is 0 Å². The van der Waals surface area contributed by atoms with E-state index in [0.717, 1.165) is 5.56 Å². The first kappa shape index (κ1) is 16.8. The summed E-state index contributed by atoms with van der Waals surface area (Å²) in [6, 6.07) is 10.8. The molecule has 6 nitrogen and oxygen atoms in total. The molecule has 1 aromatic heterocycles. The van der Waals surface area contributed by atoms with E-state index in [2.05, 4.69) is 10.6 Å². The molecule has 0 radical (unpaired) electrons. The quantitative estimate of drug-likeness (QED) is 0.707. The standard InChI is InChI=1S/C17H20N2O4/c1-12(13-5-3-2-4-6-13)19-17(22)16(21)18-9-7-15(20)14-8-10-23-11-14/h2-6,8,10-12,15,20H,7,9H2,1H3,(H,18,21)(H,19,22)/t12-,15-/m1/s1. The molecule has 2 atom stereocenters. The van der Waals surface area contributed by atoms with Gasteiger partial charge in [0.2, 0.25) is 0 Å². The third kappa shape index (κ3) is 4.96. The minimum absolute atomic E-state index is 0.193. The van der Waals surface area contributed by atoms with Gasteiger partial charge in [-0.05, 0) is 25.0 Å². The summed E-state index contributed by atoms with van der Waals surface area (Å²) in [6.07, 6.45) is 2.48. The molecule has 2 aromatic rings. The summed E-state index contributed by atoms with van der Waals surface area (Å²) in [5, 5.41) is 15.0. The van der Waals surface area contributed by atoms with E-state index in [9.17, 15) is 14.7 Å². The number of hydrogen-bond acceptors (Lipinski definition) is 4. The molecule has 3 N–H and O–H groups in total. The first-order chi connectivity index (χ1) is 11.1. The minimum atomic E-state index is -0.736. The lowest BCUT2D eigenvalue weighted by atomic mass is 10.1. The molecule has 23 heavy (non-hydrogen) atoms. The van der Waals surface area contributed by atoms with Crippen molar-refractivity contribution in [2.75, 3.05) is 6.54 Å². The third-order valence-electron chi connectivity index (χ3n) is 3.48. The second kappa shape index (κ2) is 8.14. The zero-order valence-electron chi connectivity index (χ0n) is 12.9. The number of furan rings is 1.